The van der Waals surface area contributed by atoms with E-state index in [0.717, 1.165) is 31.2 Å². The third-order valence-electron chi connectivity index (χ3n) is 6.35. The van der Waals surface area contributed by atoms with Crippen LogP contribution >= 0.6 is 11.6 Å². The maximum Gasteiger partial charge on any atom is 0.258 e. The quantitative estimate of drug-likeness (QED) is 0.742. The summed E-state index contributed by atoms with van der Waals surface area (Å²) >= 11 is 6.32. The van der Waals surface area contributed by atoms with Crippen LogP contribution in [0.1, 0.15) is 48.0 Å². The van der Waals surface area contributed by atoms with Crippen LogP contribution in [0.15, 0.2) is 42.5 Å². The number of aryl methyl sites for hydroxylation is 1. The smallest absolute Gasteiger partial charge is 0.258 e. The van der Waals surface area contributed by atoms with E-state index < -0.39 is 6.04 Å². The molecule has 1 N–H and O–H groups in total. The molecular formula is C24H27ClN2O3. The third-order valence-corrected chi connectivity index (χ3v) is 6.66. The molecule has 1 aliphatic carbocycles. The van der Waals surface area contributed by atoms with Gasteiger partial charge in [-0.15, -0.1) is 0 Å². The number of anilines is 1. The van der Waals surface area contributed by atoms with Gasteiger partial charge in [0.05, 0.1) is 23.4 Å². The van der Waals surface area contributed by atoms with Crippen LogP contribution in [-0.2, 0) is 4.79 Å². The van der Waals surface area contributed by atoms with Crippen molar-refractivity contribution in [2.45, 2.75) is 51.1 Å². The lowest BCUT2D eigenvalue weighted by Gasteiger charge is -2.34. The predicted octanol–water partition coefficient (Wildman–Crippen LogP) is 5.07. The Hall–Kier alpha value is -2.53. The molecule has 0 radical (unpaired) electrons. The molecule has 2 aromatic carbocycles. The number of hydrogen-bond donors (Lipinski definition) is 1. The first-order valence-corrected chi connectivity index (χ1v) is 10.9. The average Bonchev–Trinajstić information content (AvgIpc) is 3.15. The van der Waals surface area contributed by atoms with Gasteiger partial charge in [0.15, 0.2) is 0 Å². The number of benzene rings is 2. The van der Waals surface area contributed by atoms with Gasteiger partial charge in [0.25, 0.3) is 5.91 Å². The minimum absolute atomic E-state index is 0.0837. The monoisotopic (exact) mass is 426 g/mol. The first-order chi connectivity index (χ1) is 14.5. The molecule has 2 aliphatic rings. The molecule has 2 aromatic rings. The number of halogens is 1. The summed E-state index contributed by atoms with van der Waals surface area (Å²) in [5.41, 5.74) is 2.10. The van der Waals surface area contributed by atoms with Crippen LogP contribution in [0.2, 0.25) is 5.02 Å². The van der Waals surface area contributed by atoms with Crippen molar-refractivity contribution >= 4 is 29.1 Å². The number of nitrogens with one attached hydrogen (secondary N) is 1. The number of para-hydroxylation sites is 1. The normalized spacial score (nSPS) is 23.0. The van der Waals surface area contributed by atoms with Crippen LogP contribution in [0.5, 0.6) is 5.75 Å². The molecule has 5 nitrogen and oxygen atoms in total. The third kappa shape index (κ3) is 3.91. The van der Waals surface area contributed by atoms with Gasteiger partial charge in [-0.3, -0.25) is 9.59 Å². The van der Waals surface area contributed by atoms with E-state index in [0.29, 0.717) is 34.4 Å². The first kappa shape index (κ1) is 20.7. The van der Waals surface area contributed by atoms with Gasteiger partial charge in [-0.2, -0.15) is 0 Å². The summed E-state index contributed by atoms with van der Waals surface area (Å²) in [6.07, 6.45) is 4.89. The van der Waals surface area contributed by atoms with Gasteiger partial charge in [0.2, 0.25) is 5.91 Å². The molecule has 158 valence electrons. The molecule has 1 heterocycles. The zero-order valence-electron chi connectivity index (χ0n) is 17.4. The lowest BCUT2D eigenvalue weighted by atomic mass is 9.84. The number of hydrogen-bond acceptors (Lipinski definition) is 3. The standard InChI is InChI=1S/C24H27ClN2O3/c1-15-11-12-19(18(25)13-15)26-23(28)21-14-16-7-3-5-9-20(16)27(21)24(29)17-8-4-6-10-22(17)30-2/h4,6,8,10-13,16,20-21H,3,5,7,9,14H2,1-2H3,(H,26,28). The van der Waals surface area contributed by atoms with E-state index >= 15 is 0 Å². The van der Waals surface area contributed by atoms with Crippen LogP contribution in [0, 0.1) is 12.8 Å². The van der Waals surface area contributed by atoms with E-state index in [2.05, 4.69) is 5.32 Å². The zero-order valence-corrected chi connectivity index (χ0v) is 18.1. The number of methoxy groups -OCH3 is 1. The van der Waals surface area contributed by atoms with Gasteiger partial charge in [-0.1, -0.05) is 42.6 Å². The van der Waals surface area contributed by atoms with Crippen LogP contribution in [-0.4, -0.2) is 35.9 Å². The summed E-state index contributed by atoms with van der Waals surface area (Å²) in [4.78, 5) is 28.7. The molecule has 1 saturated heterocycles. The fourth-order valence-electron chi connectivity index (χ4n) is 4.88. The van der Waals surface area contributed by atoms with Crippen LogP contribution < -0.4 is 10.1 Å². The highest BCUT2D eigenvalue weighted by Crippen LogP contribution is 2.41. The second-order valence-corrected chi connectivity index (χ2v) is 8.66. The van der Waals surface area contributed by atoms with Gasteiger partial charge in [-0.05, 0) is 61.9 Å². The number of amides is 2. The number of ether oxygens (including phenoxy) is 1. The fraction of sp³-hybridized carbons (Fsp3) is 0.417. The molecule has 1 aliphatic heterocycles. The van der Waals surface area contributed by atoms with Crippen LogP contribution in [0.25, 0.3) is 0 Å². The summed E-state index contributed by atoms with van der Waals surface area (Å²) in [6.45, 7) is 1.95. The molecule has 3 unspecified atom stereocenters. The van der Waals surface area contributed by atoms with Crippen molar-refractivity contribution in [3.63, 3.8) is 0 Å². The van der Waals surface area contributed by atoms with Crippen molar-refractivity contribution in [2.24, 2.45) is 5.92 Å². The van der Waals surface area contributed by atoms with Crippen LogP contribution in [0.4, 0.5) is 5.69 Å². The molecule has 0 bridgehead atoms. The van der Waals surface area contributed by atoms with Crippen molar-refractivity contribution in [3.05, 3.63) is 58.6 Å². The topological polar surface area (TPSA) is 58.6 Å². The van der Waals surface area contributed by atoms with Crippen molar-refractivity contribution < 1.29 is 14.3 Å². The maximum atomic E-state index is 13.6. The number of nitrogens with zero attached hydrogens (tertiary/aromatic N) is 1. The number of rotatable bonds is 4. The molecule has 6 heteroatoms. The van der Waals surface area contributed by atoms with Gasteiger partial charge in [0, 0.05) is 6.04 Å². The number of fused-ring (bicyclic) bond motifs is 1. The highest BCUT2D eigenvalue weighted by atomic mass is 35.5. The van der Waals surface area contributed by atoms with Crippen molar-refractivity contribution in [3.8, 4) is 5.75 Å². The first-order valence-electron chi connectivity index (χ1n) is 10.5. The fourth-order valence-corrected chi connectivity index (χ4v) is 5.17. The van der Waals surface area contributed by atoms with Gasteiger partial charge in [-0.25, -0.2) is 0 Å². The van der Waals surface area contributed by atoms with Crippen molar-refractivity contribution in [1.29, 1.82) is 0 Å². The Morgan fingerprint density at radius 3 is 2.67 bits per heavy atom. The highest BCUT2D eigenvalue weighted by molar-refractivity contribution is 6.33. The van der Waals surface area contributed by atoms with E-state index in [-0.39, 0.29) is 17.9 Å². The molecule has 2 fully saturated rings. The molecular weight excluding hydrogens is 400 g/mol. The summed E-state index contributed by atoms with van der Waals surface area (Å²) < 4.78 is 5.41. The number of carbonyl (C=O) groups excluding carboxylic acids is 2. The van der Waals surface area contributed by atoms with E-state index in [1.807, 2.05) is 37.3 Å². The largest absolute Gasteiger partial charge is 0.496 e. The number of carbonyl (C=O) groups is 2. The highest BCUT2D eigenvalue weighted by Gasteiger charge is 2.48. The molecule has 0 spiro atoms. The molecule has 4 rings (SSSR count). The minimum Gasteiger partial charge on any atom is -0.496 e. The van der Waals surface area contributed by atoms with E-state index in [1.54, 1.807) is 24.1 Å². The second kappa shape index (κ2) is 8.68. The number of likely N-dealkylation sites (tertiary alicyclic amines) is 1. The van der Waals surface area contributed by atoms with Gasteiger partial charge < -0.3 is 15.0 Å². The lowest BCUT2D eigenvalue weighted by molar-refractivity contribution is -0.120. The SMILES string of the molecule is COc1ccccc1C(=O)N1C(C(=O)Nc2ccc(C)cc2Cl)CC2CCCCC21. The average molecular weight is 427 g/mol. The Morgan fingerprint density at radius 1 is 1.13 bits per heavy atom. The predicted molar refractivity (Wildman–Crippen MR) is 118 cm³/mol. The lowest BCUT2D eigenvalue weighted by Crippen LogP contribution is -2.48. The van der Waals surface area contributed by atoms with E-state index in [4.69, 9.17) is 16.3 Å². The van der Waals surface area contributed by atoms with E-state index in [1.165, 1.54) is 0 Å². The summed E-state index contributed by atoms with van der Waals surface area (Å²) in [7, 11) is 1.56. The molecule has 30 heavy (non-hydrogen) atoms. The summed E-state index contributed by atoms with van der Waals surface area (Å²) in [5, 5.41) is 3.46. The molecule has 1 saturated carbocycles. The zero-order chi connectivity index (χ0) is 21.3. The Morgan fingerprint density at radius 2 is 1.90 bits per heavy atom. The summed E-state index contributed by atoms with van der Waals surface area (Å²) in [5.74, 6) is 0.555. The molecule has 2 amide bonds. The summed E-state index contributed by atoms with van der Waals surface area (Å²) in [6, 6.07) is 12.3. The second-order valence-electron chi connectivity index (χ2n) is 8.25. The minimum atomic E-state index is -0.520. The van der Waals surface area contributed by atoms with Crippen molar-refractivity contribution in [1.82, 2.24) is 4.90 Å². The molecule has 3 atom stereocenters. The Labute approximate surface area is 182 Å². The van der Waals surface area contributed by atoms with Crippen molar-refractivity contribution in [2.75, 3.05) is 12.4 Å². The Kier molecular flexibility index (Phi) is 6.00. The van der Waals surface area contributed by atoms with Gasteiger partial charge >= 0.3 is 0 Å². The Balaban J connectivity index is 1.64. The van der Waals surface area contributed by atoms with E-state index in [9.17, 15) is 9.59 Å². The van der Waals surface area contributed by atoms with Crippen LogP contribution in [0.3, 0.4) is 0 Å². The maximum absolute atomic E-state index is 13.6. The van der Waals surface area contributed by atoms with Gasteiger partial charge in [0.1, 0.15) is 11.8 Å². The molecule has 0 aromatic heterocycles. The Bertz CT molecular complexity index is 961.